The minimum absolute atomic E-state index is 0.110. The van der Waals surface area contributed by atoms with E-state index >= 15 is 0 Å². The lowest BCUT2D eigenvalue weighted by Gasteiger charge is -2.41. The third kappa shape index (κ3) is 54.8. The summed E-state index contributed by atoms with van der Waals surface area (Å²) in [7, 11) is 0. The van der Waals surface area contributed by atoms with E-state index < -0.39 is 67.4 Å². The van der Waals surface area contributed by atoms with Crippen LogP contribution in [0.15, 0.2) is 122 Å². The van der Waals surface area contributed by atoms with E-state index in [1.165, 1.54) is 148 Å². The number of unbranched alkanes of at least 4 members (excludes halogenated alkanes) is 33. The maximum absolute atomic E-state index is 13.5. The molecule has 0 radical (unpaired) electrons. The fraction of sp³-hybridized carbons (Fsp3) is 0.732. The van der Waals surface area contributed by atoms with Gasteiger partial charge in [0, 0.05) is 6.42 Å². The average molecular weight is 1300 g/mol. The Kier molecular flexibility index (Phi) is 63.7. The van der Waals surface area contributed by atoms with Crippen molar-refractivity contribution in [1.82, 2.24) is 5.32 Å². The highest BCUT2D eigenvalue weighted by Gasteiger charge is 2.47. The van der Waals surface area contributed by atoms with Gasteiger partial charge < -0.3 is 45.1 Å². The van der Waals surface area contributed by atoms with E-state index in [2.05, 4.69) is 135 Å². The number of allylic oxidation sites excluding steroid dienone is 19. The molecule has 0 spiro atoms. The molecule has 8 atom stereocenters. The van der Waals surface area contributed by atoms with Crippen LogP contribution >= 0.6 is 0 Å². The van der Waals surface area contributed by atoms with Crippen LogP contribution in [0.4, 0.5) is 0 Å². The zero-order valence-corrected chi connectivity index (χ0v) is 59.6. The molecule has 0 saturated carbocycles. The lowest BCUT2D eigenvalue weighted by atomic mass is 9.99. The molecule has 0 bridgehead atoms. The standard InChI is InChI=1S/C82H141NO10/c1-4-7-10-13-16-19-22-25-27-29-31-33-35-37-39-40-42-44-46-48-51-54-57-60-63-66-69-75(86)81(90)83-73(74(85)68-65-62-59-56-53-50-24-21-18-15-12-9-6-3)72-91-82-80(79(89)78(88)76(71-84)92-82)93-77(87)70-67-64-61-58-55-52-49-47-45-43-41-38-36-34-32-30-28-26-23-20-17-14-11-8-5-2/h8,11,16-17,19-20,25-28,31-34,37-39,41,65,68,73-76,78-80,82,84-86,88-89H,4-7,9-10,12-15,18,21-24,29-30,35-36,40,42-64,66-67,69-72H2,1-3H3,(H,83,90)/b11-8-,19-16-,20-17-,27-25-,28-26-,33-31-,34-32-,39-37-,41-38-,68-65+. The Morgan fingerprint density at radius 2 is 0.774 bits per heavy atom. The Bertz CT molecular complexity index is 1980. The summed E-state index contributed by atoms with van der Waals surface area (Å²) >= 11 is 0. The third-order valence-electron chi connectivity index (χ3n) is 17.3. The summed E-state index contributed by atoms with van der Waals surface area (Å²) in [5, 5.41) is 57.4. The largest absolute Gasteiger partial charge is 0.454 e. The summed E-state index contributed by atoms with van der Waals surface area (Å²) in [6, 6.07) is -1.04. The van der Waals surface area contributed by atoms with E-state index in [1.54, 1.807) is 6.08 Å². The van der Waals surface area contributed by atoms with Crippen LogP contribution in [0.2, 0.25) is 0 Å². The summed E-state index contributed by atoms with van der Waals surface area (Å²) in [5.74, 6) is -1.20. The first kappa shape index (κ1) is 87.1. The second kappa shape index (κ2) is 68.0. The predicted octanol–water partition coefficient (Wildman–Crippen LogP) is 20.5. The van der Waals surface area contributed by atoms with Crippen LogP contribution in [0.3, 0.4) is 0 Å². The highest BCUT2D eigenvalue weighted by molar-refractivity contribution is 5.80. The average Bonchev–Trinajstić information content (AvgIpc) is 0.843. The molecule has 11 heteroatoms. The topological polar surface area (TPSA) is 175 Å². The van der Waals surface area contributed by atoms with Crippen molar-refractivity contribution >= 4 is 11.9 Å². The van der Waals surface area contributed by atoms with Crippen molar-refractivity contribution in [3.05, 3.63) is 122 Å². The summed E-state index contributed by atoms with van der Waals surface area (Å²) in [5.41, 5.74) is 0. The molecule has 534 valence electrons. The molecule has 1 aliphatic rings. The van der Waals surface area contributed by atoms with Gasteiger partial charge in [-0.05, 0) is 116 Å². The minimum atomic E-state index is -1.63. The van der Waals surface area contributed by atoms with Crippen molar-refractivity contribution in [3.8, 4) is 0 Å². The van der Waals surface area contributed by atoms with Crippen molar-refractivity contribution in [2.75, 3.05) is 13.2 Å². The Hall–Kier alpha value is -3.94. The zero-order chi connectivity index (χ0) is 67.4. The third-order valence-corrected chi connectivity index (χ3v) is 17.3. The van der Waals surface area contributed by atoms with Gasteiger partial charge in [-0.25, -0.2) is 0 Å². The number of aliphatic hydroxyl groups is 5. The molecule has 6 N–H and O–H groups in total. The Morgan fingerprint density at radius 3 is 1.18 bits per heavy atom. The number of hydrogen-bond donors (Lipinski definition) is 6. The number of carbonyl (C=O) groups is 2. The van der Waals surface area contributed by atoms with Crippen LogP contribution in [0.5, 0.6) is 0 Å². The summed E-state index contributed by atoms with van der Waals surface area (Å²) in [6.07, 6.45) is 85.1. The lowest BCUT2D eigenvalue weighted by molar-refractivity contribution is -0.305. The first-order valence-corrected chi connectivity index (χ1v) is 38.3. The van der Waals surface area contributed by atoms with Gasteiger partial charge in [-0.3, -0.25) is 9.59 Å². The van der Waals surface area contributed by atoms with E-state index in [0.717, 1.165) is 128 Å². The Morgan fingerprint density at radius 1 is 0.430 bits per heavy atom. The summed E-state index contributed by atoms with van der Waals surface area (Å²) < 4.78 is 17.7. The van der Waals surface area contributed by atoms with Crippen LogP contribution in [0.1, 0.15) is 323 Å². The van der Waals surface area contributed by atoms with Gasteiger partial charge in [-0.1, -0.05) is 322 Å². The Balaban J connectivity index is 2.56. The molecular formula is C82H141NO10. The van der Waals surface area contributed by atoms with Crippen LogP contribution in [-0.4, -0.2) is 99.6 Å². The molecule has 1 fully saturated rings. The molecule has 11 nitrogen and oxygen atoms in total. The fourth-order valence-electron chi connectivity index (χ4n) is 11.4. The van der Waals surface area contributed by atoms with Gasteiger partial charge in [0.25, 0.3) is 0 Å². The quantitative estimate of drug-likeness (QED) is 0.0195. The SMILES string of the molecule is CC/C=C\C/C=C\C/C=C\C/C=C\C/C=C\CCCCCCCCCCCC(=O)OC1C(OCC(NC(=O)C(O)CCCCCCCCCCCC/C=C\C/C=C\C/C=C\C/C=C\CCCCC)C(O)/C=C/CCCCCCCCCCCCC)OC(CO)C(O)C1O. The number of aliphatic hydroxyl groups excluding tert-OH is 5. The van der Waals surface area contributed by atoms with E-state index in [1.807, 2.05) is 6.08 Å². The molecular weight excluding hydrogens is 1160 g/mol. The minimum Gasteiger partial charge on any atom is -0.454 e. The molecule has 1 amide bonds. The molecule has 8 unspecified atom stereocenters. The number of rotatable bonds is 65. The Labute approximate surface area is 570 Å². The fourth-order valence-corrected chi connectivity index (χ4v) is 11.4. The lowest BCUT2D eigenvalue weighted by Crippen LogP contribution is -2.61. The number of carbonyl (C=O) groups excluding carboxylic acids is 2. The highest BCUT2D eigenvalue weighted by Crippen LogP contribution is 2.26. The van der Waals surface area contributed by atoms with Gasteiger partial charge in [0.05, 0.1) is 25.4 Å². The van der Waals surface area contributed by atoms with Crippen molar-refractivity contribution < 1.29 is 49.3 Å². The highest BCUT2D eigenvalue weighted by atomic mass is 16.7. The van der Waals surface area contributed by atoms with E-state index in [0.29, 0.717) is 12.8 Å². The first-order valence-electron chi connectivity index (χ1n) is 38.3. The van der Waals surface area contributed by atoms with Crippen molar-refractivity contribution in [2.24, 2.45) is 0 Å². The molecule has 1 aliphatic heterocycles. The van der Waals surface area contributed by atoms with Gasteiger partial charge >= 0.3 is 5.97 Å². The van der Waals surface area contributed by atoms with Gasteiger partial charge in [0.15, 0.2) is 12.4 Å². The second-order valence-corrected chi connectivity index (χ2v) is 26.0. The molecule has 0 aromatic carbocycles. The van der Waals surface area contributed by atoms with Gasteiger partial charge in [-0.15, -0.1) is 0 Å². The number of nitrogens with one attached hydrogen (secondary N) is 1. The molecule has 1 saturated heterocycles. The number of esters is 1. The molecule has 0 aromatic heterocycles. The predicted molar refractivity (Wildman–Crippen MR) is 393 cm³/mol. The second-order valence-electron chi connectivity index (χ2n) is 26.0. The van der Waals surface area contributed by atoms with Crippen molar-refractivity contribution in [2.45, 2.75) is 372 Å². The van der Waals surface area contributed by atoms with Crippen molar-refractivity contribution in [1.29, 1.82) is 0 Å². The van der Waals surface area contributed by atoms with Gasteiger partial charge in [0.1, 0.15) is 24.4 Å². The van der Waals surface area contributed by atoms with Crippen LogP contribution in [-0.2, 0) is 23.8 Å². The van der Waals surface area contributed by atoms with Crippen LogP contribution < -0.4 is 5.32 Å². The van der Waals surface area contributed by atoms with Crippen molar-refractivity contribution in [3.63, 3.8) is 0 Å². The smallest absolute Gasteiger partial charge is 0.306 e. The van der Waals surface area contributed by atoms with E-state index in [9.17, 15) is 35.1 Å². The van der Waals surface area contributed by atoms with Crippen LogP contribution in [0.25, 0.3) is 0 Å². The number of hydrogen-bond acceptors (Lipinski definition) is 10. The number of amides is 1. The summed E-state index contributed by atoms with van der Waals surface area (Å²) in [4.78, 5) is 26.8. The molecule has 1 rings (SSSR count). The van der Waals surface area contributed by atoms with Gasteiger partial charge in [0.2, 0.25) is 5.91 Å². The number of ether oxygens (including phenoxy) is 3. The first-order chi connectivity index (χ1) is 45.7. The summed E-state index contributed by atoms with van der Waals surface area (Å²) in [6.45, 7) is 5.68. The van der Waals surface area contributed by atoms with Gasteiger partial charge in [-0.2, -0.15) is 0 Å². The molecule has 1 heterocycles. The van der Waals surface area contributed by atoms with E-state index in [4.69, 9.17) is 14.2 Å². The molecule has 0 aliphatic carbocycles. The van der Waals surface area contributed by atoms with E-state index in [-0.39, 0.29) is 19.4 Å². The zero-order valence-electron chi connectivity index (χ0n) is 59.6. The molecule has 93 heavy (non-hydrogen) atoms. The normalized spacial score (nSPS) is 18.6. The molecule has 0 aromatic rings. The monoisotopic (exact) mass is 1300 g/mol. The maximum Gasteiger partial charge on any atom is 0.306 e. The van der Waals surface area contributed by atoms with Crippen LogP contribution in [0, 0.1) is 0 Å². The maximum atomic E-state index is 13.5.